The SMILES string of the molecule is Cc1cc[nH]c1C(=O)Nc1nn(Cc2ccc(C(F)(F)F)cc2)c2ccccc12. The zero-order valence-electron chi connectivity index (χ0n) is 15.4. The highest BCUT2D eigenvalue weighted by molar-refractivity contribution is 6.07. The predicted molar refractivity (Wildman–Crippen MR) is 104 cm³/mol. The number of carbonyl (C=O) groups excluding carboxylic acids is 1. The Bertz CT molecular complexity index is 1170. The molecule has 148 valence electrons. The first-order valence-corrected chi connectivity index (χ1v) is 8.90. The lowest BCUT2D eigenvalue weighted by Crippen LogP contribution is -2.14. The Morgan fingerprint density at radius 1 is 1.10 bits per heavy atom. The molecule has 0 radical (unpaired) electrons. The molecular weight excluding hydrogens is 381 g/mol. The minimum absolute atomic E-state index is 0.274. The number of carbonyl (C=O) groups is 1. The summed E-state index contributed by atoms with van der Waals surface area (Å²) in [6, 6.07) is 14.1. The number of aryl methyl sites for hydroxylation is 1. The maximum absolute atomic E-state index is 12.8. The summed E-state index contributed by atoms with van der Waals surface area (Å²) >= 11 is 0. The number of fused-ring (bicyclic) bond motifs is 1. The second-order valence-corrected chi connectivity index (χ2v) is 6.71. The molecule has 0 unspecified atom stereocenters. The molecule has 0 bridgehead atoms. The van der Waals surface area contributed by atoms with E-state index in [9.17, 15) is 18.0 Å². The van der Waals surface area contributed by atoms with Crippen LogP contribution in [0.3, 0.4) is 0 Å². The number of para-hydroxylation sites is 1. The highest BCUT2D eigenvalue weighted by Gasteiger charge is 2.30. The number of rotatable bonds is 4. The molecule has 0 fully saturated rings. The summed E-state index contributed by atoms with van der Waals surface area (Å²) in [6.07, 6.45) is -2.68. The molecule has 2 aromatic carbocycles. The molecule has 0 spiro atoms. The molecule has 4 rings (SSSR count). The molecule has 0 aliphatic carbocycles. The predicted octanol–water partition coefficient (Wildman–Crippen LogP) is 4.99. The summed E-state index contributed by atoms with van der Waals surface area (Å²) in [7, 11) is 0. The van der Waals surface area contributed by atoms with Gasteiger partial charge in [0, 0.05) is 11.6 Å². The summed E-state index contributed by atoms with van der Waals surface area (Å²) in [4.78, 5) is 15.4. The number of hydrogen-bond donors (Lipinski definition) is 2. The molecule has 2 heterocycles. The summed E-state index contributed by atoms with van der Waals surface area (Å²) in [5.74, 6) is 0.0870. The fourth-order valence-electron chi connectivity index (χ4n) is 3.17. The highest BCUT2D eigenvalue weighted by atomic mass is 19.4. The van der Waals surface area contributed by atoms with Gasteiger partial charge in [0.2, 0.25) is 0 Å². The van der Waals surface area contributed by atoms with Crippen molar-refractivity contribution in [3.8, 4) is 0 Å². The topological polar surface area (TPSA) is 62.7 Å². The van der Waals surface area contributed by atoms with Crippen LogP contribution in [0.5, 0.6) is 0 Å². The van der Waals surface area contributed by atoms with Crippen molar-refractivity contribution in [2.24, 2.45) is 0 Å². The molecule has 4 aromatic rings. The van der Waals surface area contributed by atoms with Crippen LogP contribution in [0.2, 0.25) is 0 Å². The molecule has 0 saturated heterocycles. The van der Waals surface area contributed by atoms with Gasteiger partial charge in [0.1, 0.15) is 5.69 Å². The van der Waals surface area contributed by atoms with Crippen LogP contribution in [-0.2, 0) is 12.7 Å². The van der Waals surface area contributed by atoms with E-state index in [1.807, 2.05) is 31.2 Å². The average Bonchev–Trinajstić information content (AvgIpc) is 3.26. The Morgan fingerprint density at radius 2 is 1.83 bits per heavy atom. The first-order valence-electron chi connectivity index (χ1n) is 8.90. The average molecular weight is 398 g/mol. The molecule has 8 heteroatoms. The van der Waals surface area contributed by atoms with Crippen LogP contribution in [0.4, 0.5) is 19.0 Å². The van der Waals surface area contributed by atoms with E-state index in [-0.39, 0.29) is 12.5 Å². The molecule has 5 nitrogen and oxygen atoms in total. The van der Waals surface area contributed by atoms with Crippen molar-refractivity contribution in [3.63, 3.8) is 0 Å². The number of anilines is 1. The number of nitrogens with one attached hydrogen (secondary N) is 2. The molecule has 0 atom stereocenters. The number of nitrogens with zero attached hydrogens (tertiary/aromatic N) is 2. The van der Waals surface area contributed by atoms with Crippen LogP contribution >= 0.6 is 0 Å². The molecule has 2 N–H and O–H groups in total. The number of hydrogen-bond acceptors (Lipinski definition) is 2. The van der Waals surface area contributed by atoms with Crippen LogP contribution < -0.4 is 5.32 Å². The van der Waals surface area contributed by atoms with Gasteiger partial charge in [-0.3, -0.25) is 9.48 Å². The Labute approximate surface area is 164 Å². The van der Waals surface area contributed by atoms with Gasteiger partial charge in [0.25, 0.3) is 5.91 Å². The molecule has 0 aliphatic heterocycles. The van der Waals surface area contributed by atoms with Crippen LogP contribution in [0, 0.1) is 6.92 Å². The molecule has 29 heavy (non-hydrogen) atoms. The normalized spacial score (nSPS) is 11.7. The summed E-state index contributed by atoms with van der Waals surface area (Å²) in [5, 5.41) is 8.04. The van der Waals surface area contributed by atoms with E-state index < -0.39 is 11.7 Å². The summed E-state index contributed by atoms with van der Waals surface area (Å²) in [6.45, 7) is 2.10. The minimum Gasteiger partial charge on any atom is -0.357 e. The lowest BCUT2D eigenvalue weighted by molar-refractivity contribution is -0.137. The highest BCUT2D eigenvalue weighted by Crippen LogP contribution is 2.29. The standard InChI is InChI=1S/C21H17F3N4O/c1-13-10-11-25-18(13)20(29)26-19-16-4-2-3-5-17(16)28(27-19)12-14-6-8-15(9-7-14)21(22,23)24/h2-11,25H,12H2,1H3,(H,26,27,29). The largest absolute Gasteiger partial charge is 0.416 e. The molecule has 2 aromatic heterocycles. The van der Waals surface area contributed by atoms with E-state index in [4.69, 9.17) is 0 Å². The van der Waals surface area contributed by atoms with Crippen LogP contribution in [0.25, 0.3) is 10.9 Å². The number of amides is 1. The Morgan fingerprint density at radius 3 is 2.48 bits per heavy atom. The number of halogens is 3. The quantitative estimate of drug-likeness (QED) is 0.509. The van der Waals surface area contributed by atoms with Crippen molar-refractivity contribution in [2.45, 2.75) is 19.6 Å². The zero-order valence-corrected chi connectivity index (χ0v) is 15.4. The van der Waals surface area contributed by atoms with E-state index in [0.717, 1.165) is 28.6 Å². The fourth-order valence-corrected chi connectivity index (χ4v) is 3.17. The smallest absolute Gasteiger partial charge is 0.357 e. The van der Waals surface area contributed by atoms with Crippen LogP contribution in [0.15, 0.2) is 60.8 Å². The maximum atomic E-state index is 12.8. The Balaban J connectivity index is 1.64. The summed E-state index contributed by atoms with van der Waals surface area (Å²) in [5.41, 5.74) is 2.01. The third-order valence-electron chi connectivity index (χ3n) is 4.69. The lowest BCUT2D eigenvalue weighted by atomic mass is 10.1. The van der Waals surface area contributed by atoms with Gasteiger partial charge >= 0.3 is 6.18 Å². The Kier molecular flexibility index (Phi) is 4.62. The molecular formula is C21H17F3N4O. The Hall–Kier alpha value is -3.55. The van der Waals surface area contributed by atoms with Crippen molar-refractivity contribution >= 4 is 22.6 Å². The fraction of sp³-hybridized carbons (Fsp3) is 0.143. The first kappa shape index (κ1) is 18.8. The van der Waals surface area contributed by atoms with E-state index in [1.165, 1.54) is 12.1 Å². The number of benzene rings is 2. The first-order chi connectivity index (χ1) is 13.8. The number of aromatic nitrogens is 3. The van der Waals surface area contributed by atoms with Gasteiger partial charge in [-0.2, -0.15) is 18.3 Å². The lowest BCUT2D eigenvalue weighted by Gasteiger charge is -2.08. The van der Waals surface area contributed by atoms with Crippen molar-refractivity contribution < 1.29 is 18.0 Å². The van der Waals surface area contributed by atoms with Gasteiger partial charge in [-0.15, -0.1) is 0 Å². The monoisotopic (exact) mass is 398 g/mol. The third-order valence-corrected chi connectivity index (χ3v) is 4.69. The van der Waals surface area contributed by atoms with Crippen molar-refractivity contribution in [1.29, 1.82) is 0 Å². The van der Waals surface area contributed by atoms with E-state index in [2.05, 4.69) is 15.4 Å². The van der Waals surface area contributed by atoms with Gasteiger partial charge in [-0.05, 0) is 48.4 Å². The maximum Gasteiger partial charge on any atom is 0.416 e. The minimum atomic E-state index is -4.37. The zero-order chi connectivity index (χ0) is 20.6. The van der Waals surface area contributed by atoms with E-state index >= 15 is 0 Å². The van der Waals surface area contributed by atoms with Gasteiger partial charge < -0.3 is 10.3 Å². The van der Waals surface area contributed by atoms with Crippen LogP contribution in [-0.4, -0.2) is 20.7 Å². The summed E-state index contributed by atoms with van der Waals surface area (Å²) < 4.78 is 40.0. The number of aromatic amines is 1. The van der Waals surface area contributed by atoms with Crippen molar-refractivity contribution in [3.05, 3.63) is 83.2 Å². The van der Waals surface area contributed by atoms with E-state index in [0.29, 0.717) is 17.1 Å². The molecule has 0 aliphatic rings. The van der Waals surface area contributed by atoms with Crippen LogP contribution in [0.1, 0.15) is 27.2 Å². The second-order valence-electron chi connectivity index (χ2n) is 6.71. The van der Waals surface area contributed by atoms with Crippen molar-refractivity contribution in [1.82, 2.24) is 14.8 Å². The number of H-pyrrole nitrogens is 1. The number of alkyl halides is 3. The van der Waals surface area contributed by atoms with Crippen molar-refractivity contribution in [2.75, 3.05) is 5.32 Å². The van der Waals surface area contributed by atoms with Gasteiger partial charge in [0.15, 0.2) is 5.82 Å². The molecule has 1 amide bonds. The van der Waals surface area contributed by atoms with Gasteiger partial charge in [-0.25, -0.2) is 0 Å². The second kappa shape index (κ2) is 7.12. The third kappa shape index (κ3) is 3.73. The van der Waals surface area contributed by atoms with Gasteiger partial charge in [-0.1, -0.05) is 24.3 Å². The van der Waals surface area contributed by atoms with Gasteiger partial charge in [0.05, 0.1) is 17.6 Å². The van der Waals surface area contributed by atoms with E-state index in [1.54, 1.807) is 16.9 Å². The molecule has 0 saturated carbocycles.